The normalized spacial score (nSPS) is 13.9. The van der Waals surface area contributed by atoms with Crippen molar-refractivity contribution in [3.05, 3.63) is 64.3 Å². The first-order valence-corrected chi connectivity index (χ1v) is 9.70. The number of nitriles is 1. The number of carbonyl (C=O) groups is 1. The van der Waals surface area contributed by atoms with Crippen molar-refractivity contribution in [3.8, 4) is 27.6 Å². The first-order valence-electron chi connectivity index (χ1n) is 8.89. The fourth-order valence-electron chi connectivity index (χ4n) is 2.99. The van der Waals surface area contributed by atoms with Crippen molar-refractivity contribution in [3.63, 3.8) is 0 Å². The number of aldehydes is 1. The third kappa shape index (κ3) is 3.81. The Hall–Kier alpha value is -3.34. The second-order valence-electron chi connectivity index (χ2n) is 6.63. The van der Waals surface area contributed by atoms with Crippen molar-refractivity contribution in [1.82, 2.24) is 0 Å². The number of nitrogen functional groups attached to an aromatic ring is 1. The Labute approximate surface area is 170 Å². The van der Waals surface area contributed by atoms with Gasteiger partial charge in [0.2, 0.25) is 0 Å². The third-order valence-corrected chi connectivity index (χ3v) is 5.77. The Bertz CT molecular complexity index is 1160. The van der Waals surface area contributed by atoms with Crippen LogP contribution in [0.15, 0.2) is 47.5 Å². The number of nitrogens with two attached hydrogens (primary N) is 1. The number of anilines is 1. The molecule has 5 nitrogen and oxygen atoms in total. The van der Waals surface area contributed by atoms with Gasteiger partial charge < -0.3 is 10.5 Å². The highest BCUT2D eigenvalue weighted by Crippen LogP contribution is 2.40. The van der Waals surface area contributed by atoms with Crippen LogP contribution in [0.5, 0.6) is 0 Å². The van der Waals surface area contributed by atoms with Gasteiger partial charge in [0.15, 0.2) is 6.29 Å². The van der Waals surface area contributed by atoms with Gasteiger partial charge in [0.05, 0.1) is 29.7 Å². The molecule has 0 atom stereocenters. The minimum absolute atomic E-state index is 0.0212. The highest BCUT2D eigenvalue weighted by Gasteiger charge is 2.17. The highest BCUT2D eigenvalue weighted by molar-refractivity contribution is 7.17. The number of rotatable bonds is 5. The molecule has 1 aromatic heterocycles. The molecule has 2 heterocycles. The molecule has 0 aliphatic carbocycles. The number of benzene rings is 2. The summed E-state index contributed by atoms with van der Waals surface area (Å²) in [6, 6.07) is 13.7. The van der Waals surface area contributed by atoms with Crippen LogP contribution in [0.4, 0.5) is 10.1 Å². The molecule has 2 aromatic carbocycles. The van der Waals surface area contributed by atoms with Gasteiger partial charge in [-0.25, -0.2) is 4.39 Å². The lowest BCUT2D eigenvalue weighted by atomic mass is 9.99. The average molecular weight is 405 g/mol. The lowest BCUT2D eigenvalue weighted by molar-refractivity contribution is 0.0135. The quantitative estimate of drug-likeness (QED) is 0.389. The van der Waals surface area contributed by atoms with Crippen molar-refractivity contribution in [2.24, 2.45) is 4.99 Å². The zero-order chi connectivity index (χ0) is 20.4. The molecule has 1 saturated heterocycles. The van der Waals surface area contributed by atoms with Crippen LogP contribution in [0.2, 0.25) is 0 Å². The van der Waals surface area contributed by atoms with Crippen molar-refractivity contribution >= 4 is 29.5 Å². The fourth-order valence-corrected chi connectivity index (χ4v) is 3.99. The molecule has 1 aliphatic heterocycles. The molecule has 4 rings (SSSR count). The van der Waals surface area contributed by atoms with Crippen LogP contribution >= 0.6 is 11.3 Å². The number of halogens is 1. The molecule has 1 fully saturated rings. The number of aliphatic imine (C=N–C) groups is 1. The van der Waals surface area contributed by atoms with Crippen LogP contribution in [-0.4, -0.2) is 31.8 Å². The van der Waals surface area contributed by atoms with Gasteiger partial charge >= 0.3 is 0 Å². The van der Waals surface area contributed by atoms with Gasteiger partial charge in [-0.3, -0.25) is 9.79 Å². The van der Waals surface area contributed by atoms with Gasteiger partial charge in [-0.15, -0.1) is 11.3 Å². The summed E-state index contributed by atoms with van der Waals surface area (Å²) in [6.07, 6.45) is 2.51. The number of ether oxygens (including phenoxy) is 1. The molecule has 0 unspecified atom stereocenters. The van der Waals surface area contributed by atoms with Crippen LogP contribution in [0, 0.1) is 17.1 Å². The van der Waals surface area contributed by atoms with E-state index in [2.05, 4.69) is 4.99 Å². The second kappa shape index (κ2) is 7.95. The Balaban J connectivity index is 1.78. The lowest BCUT2D eigenvalue weighted by Gasteiger charge is -2.21. The maximum atomic E-state index is 14.2. The maximum absolute atomic E-state index is 14.2. The molecule has 3 aromatic rings. The van der Waals surface area contributed by atoms with E-state index >= 15 is 0 Å². The number of thiophene rings is 1. The minimum atomic E-state index is -0.595. The SMILES string of the molecule is N#Cc1ccc(-c2cc(C=O)sc2-c2ccc(N)c(C=NC3COC3)c2)cc1F. The standard InChI is InChI=1S/C22H16FN3O2S/c23-20-6-13(1-2-15(20)8-24)19-7-18(10-27)29-22(19)14-3-4-21(25)16(5-14)9-26-17-11-28-12-17/h1-7,9-10,17H,11-12,25H2. The van der Waals surface area contributed by atoms with E-state index in [0.717, 1.165) is 27.9 Å². The molecule has 0 radical (unpaired) electrons. The molecule has 0 bridgehead atoms. The van der Waals surface area contributed by atoms with Gasteiger partial charge in [-0.2, -0.15) is 5.26 Å². The molecule has 2 N–H and O–H groups in total. The summed E-state index contributed by atoms with van der Waals surface area (Å²) >= 11 is 1.32. The monoisotopic (exact) mass is 405 g/mol. The van der Waals surface area contributed by atoms with Gasteiger partial charge in [0, 0.05) is 27.9 Å². The number of hydrogen-bond donors (Lipinski definition) is 1. The molecule has 0 amide bonds. The summed E-state index contributed by atoms with van der Waals surface area (Å²) in [6.45, 7) is 1.22. The van der Waals surface area contributed by atoms with Crippen LogP contribution in [0.3, 0.4) is 0 Å². The molecule has 1 aliphatic rings. The minimum Gasteiger partial charge on any atom is -0.398 e. The van der Waals surface area contributed by atoms with Gasteiger partial charge in [-0.05, 0) is 41.5 Å². The van der Waals surface area contributed by atoms with Crippen LogP contribution < -0.4 is 5.73 Å². The van der Waals surface area contributed by atoms with E-state index in [1.165, 1.54) is 23.5 Å². The van der Waals surface area contributed by atoms with Crippen molar-refractivity contribution in [1.29, 1.82) is 5.26 Å². The Morgan fingerprint density at radius 2 is 2.00 bits per heavy atom. The molecule has 7 heteroatoms. The van der Waals surface area contributed by atoms with Crippen molar-refractivity contribution < 1.29 is 13.9 Å². The van der Waals surface area contributed by atoms with Gasteiger partial charge in [0.25, 0.3) is 0 Å². The summed E-state index contributed by atoms with van der Waals surface area (Å²) in [5.74, 6) is -0.595. The Morgan fingerprint density at radius 3 is 2.66 bits per heavy atom. The molecular weight excluding hydrogens is 389 g/mol. The topological polar surface area (TPSA) is 88.5 Å². The van der Waals surface area contributed by atoms with E-state index in [4.69, 9.17) is 15.7 Å². The summed E-state index contributed by atoms with van der Waals surface area (Å²) in [5, 5.41) is 8.96. The maximum Gasteiger partial charge on any atom is 0.160 e. The Kier molecular flexibility index (Phi) is 5.21. The molecule has 29 heavy (non-hydrogen) atoms. The predicted octanol–water partition coefficient (Wildman–Crippen LogP) is 4.31. The Morgan fingerprint density at radius 1 is 1.21 bits per heavy atom. The highest BCUT2D eigenvalue weighted by atomic mass is 32.1. The zero-order valence-corrected chi connectivity index (χ0v) is 16.1. The fraction of sp³-hybridized carbons (Fsp3) is 0.136. The van der Waals surface area contributed by atoms with Crippen LogP contribution in [0.25, 0.3) is 21.6 Å². The number of hydrogen-bond acceptors (Lipinski definition) is 6. The zero-order valence-electron chi connectivity index (χ0n) is 15.3. The molecule has 0 saturated carbocycles. The van der Waals surface area contributed by atoms with E-state index in [1.54, 1.807) is 24.4 Å². The molecule has 144 valence electrons. The molecule has 0 spiro atoms. The van der Waals surface area contributed by atoms with E-state index in [9.17, 15) is 9.18 Å². The van der Waals surface area contributed by atoms with Gasteiger partial charge in [0.1, 0.15) is 11.9 Å². The van der Waals surface area contributed by atoms with E-state index < -0.39 is 5.82 Å². The third-order valence-electron chi connectivity index (χ3n) is 4.66. The van der Waals surface area contributed by atoms with E-state index in [0.29, 0.717) is 29.3 Å². The van der Waals surface area contributed by atoms with E-state index in [-0.39, 0.29) is 11.6 Å². The smallest absolute Gasteiger partial charge is 0.160 e. The second-order valence-corrected chi connectivity index (χ2v) is 7.71. The largest absolute Gasteiger partial charge is 0.398 e. The predicted molar refractivity (Wildman–Crippen MR) is 112 cm³/mol. The van der Waals surface area contributed by atoms with E-state index in [1.807, 2.05) is 18.2 Å². The summed E-state index contributed by atoms with van der Waals surface area (Å²) in [4.78, 5) is 17.2. The summed E-state index contributed by atoms with van der Waals surface area (Å²) in [5.41, 5.74) is 9.60. The first-order chi connectivity index (χ1) is 14.1. The lowest BCUT2D eigenvalue weighted by Crippen LogP contribution is -2.31. The summed E-state index contributed by atoms with van der Waals surface area (Å²) in [7, 11) is 0. The number of carbonyl (C=O) groups excluding carboxylic acids is 1. The number of nitrogens with zero attached hydrogens (tertiary/aromatic N) is 2. The summed E-state index contributed by atoms with van der Waals surface area (Å²) < 4.78 is 19.3. The van der Waals surface area contributed by atoms with Gasteiger partial charge in [-0.1, -0.05) is 12.1 Å². The van der Waals surface area contributed by atoms with Crippen molar-refractivity contribution in [2.75, 3.05) is 18.9 Å². The van der Waals surface area contributed by atoms with Crippen molar-refractivity contribution in [2.45, 2.75) is 6.04 Å². The van der Waals surface area contributed by atoms with Crippen LogP contribution in [0.1, 0.15) is 20.8 Å². The van der Waals surface area contributed by atoms with Crippen LogP contribution in [-0.2, 0) is 4.74 Å². The first kappa shape index (κ1) is 19.0. The average Bonchev–Trinajstić information content (AvgIpc) is 3.12. The molecular formula is C22H16FN3O2S.